The molecule has 14 nitrogen and oxygen atoms in total. The van der Waals surface area contributed by atoms with Gasteiger partial charge in [0.05, 0.1) is 5.41 Å². The number of anilines is 1. The number of hydrogen-bond acceptors (Lipinski definition) is 14. The van der Waals surface area contributed by atoms with Crippen molar-refractivity contribution in [2.45, 2.75) is 39.1 Å². The van der Waals surface area contributed by atoms with Crippen LogP contribution in [0.25, 0.3) is 0 Å². The number of β-lactam (4-membered cyclic amide) rings is 1. The number of nitrogens with one attached hydrogen (secondary N) is 1. The summed E-state index contributed by atoms with van der Waals surface area (Å²) in [6.07, 6.45) is 2.97. The lowest BCUT2D eigenvalue weighted by Crippen LogP contribution is -2.71. The standard InChI is InChI=1S/C25H27N5O9S2/c1-11-6-13(39-21(11)33)7-12-8-40-20-16(28-18(31)15(29-36-5)14-9-41-24(26)27-14)19(32)30(20)17(12)22(34)37-10-38-23(35)25(2,3)4/h6-7,9,16,20H,8,10H2,1-5H3,(H2,26,27)(H,28,31)/b13-7+,29-15-/t16-,20-/m1/s1. The number of fused-ring (bicyclic) bond motifs is 1. The van der Waals surface area contributed by atoms with Gasteiger partial charge in [0.2, 0.25) is 6.79 Å². The zero-order chi connectivity index (χ0) is 30.1. The molecule has 0 spiro atoms. The van der Waals surface area contributed by atoms with E-state index in [-0.39, 0.29) is 33.7 Å². The number of carbonyl (C=O) groups is 5. The molecule has 0 saturated carbocycles. The molecule has 0 bridgehead atoms. The Hall–Kier alpha value is -4.18. The molecule has 3 aliphatic heterocycles. The predicted octanol–water partition coefficient (Wildman–Crippen LogP) is 1.21. The molecule has 0 radical (unpaired) electrons. The topological polar surface area (TPSA) is 189 Å². The zero-order valence-electron chi connectivity index (χ0n) is 22.7. The second-order valence-corrected chi connectivity index (χ2v) is 11.9. The molecule has 1 aromatic rings. The van der Waals surface area contributed by atoms with E-state index < -0.39 is 53.3 Å². The van der Waals surface area contributed by atoms with Gasteiger partial charge in [-0.15, -0.1) is 23.1 Å². The summed E-state index contributed by atoms with van der Waals surface area (Å²) in [6.45, 7) is 5.83. The van der Waals surface area contributed by atoms with E-state index in [9.17, 15) is 24.0 Å². The molecule has 16 heteroatoms. The highest BCUT2D eigenvalue weighted by Crippen LogP contribution is 2.41. The average Bonchev–Trinajstić information content (AvgIpc) is 3.48. The number of rotatable bonds is 8. The number of hydrogen-bond donors (Lipinski definition) is 2. The second-order valence-electron chi connectivity index (χ2n) is 9.92. The minimum absolute atomic E-state index is 0.129. The Morgan fingerprint density at radius 3 is 2.61 bits per heavy atom. The third kappa shape index (κ3) is 6.27. The SMILES string of the molecule is CO/N=C(\C(=O)N[C@@H]1C(=O)N2C(C(=O)OCOC(=O)C(C)(C)C)=C(/C=C3\C=C(C)C(=O)O3)CS[C@H]12)c1csc(N)n1. The highest BCUT2D eigenvalue weighted by atomic mass is 32.2. The fourth-order valence-corrected chi connectivity index (χ4v) is 5.65. The minimum atomic E-state index is -1.02. The molecule has 1 saturated heterocycles. The Morgan fingerprint density at radius 2 is 2.02 bits per heavy atom. The maximum absolute atomic E-state index is 13.3. The van der Waals surface area contributed by atoms with Gasteiger partial charge in [0.25, 0.3) is 11.8 Å². The normalized spacial score (nSPS) is 21.6. The Balaban J connectivity index is 1.57. The largest absolute Gasteiger partial charge is 0.427 e. The van der Waals surface area contributed by atoms with Crippen LogP contribution in [0.4, 0.5) is 5.13 Å². The van der Waals surface area contributed by atoms with Gasteiger partial charge >= 0.3 is 17.9 Å². The molecule has 2 atom stereocenters. The summed E-state index contributed by atoms with van der Waals surface area (Å²) in [6, 6.07) is -1.02. The van der Waals surface area contributed by atoms with E-state index in [0.717, 1.165) is 11.3 Å². The molecular formula is C25H27N5O9S2. The van der Waals surface area contributed by atoms with E-state index in [1.807, 2.05) is 0 Å². The van der Waals surface area contributed by atoms with Crippen LogP contribution in [0.1, 0.15) is 33.4 Å². The van der Waals surface area contributed by atoms with Crippen LogP contribution >= 0.6 is 23.1 Å². The van der Waals surface area contributed by atoms with Gasteiger partial charge in [-0.3, -0.25) is 19.3 Å². The van der Waals surface area contributed by atoms with Crippen LogP contribution in [-0.4, -0.2) is 76.4 Å². The fraction of sp³-hybridized carbons (Fsp3) is 0.400. The van der Waals surface area contributed by atoms with Crippen LogP contribution in [-0.2, 0) is 43.0 Å². The number of oxime groups is 1. The molecule has 0 aromatic carbocycles. The number of cyclic esters (lactones) is 1. The number of esters is 3. The minimum Gasteiger partial charge on any atom is -0.427 e. The first-order valence-corrected chi connectivity index (χ1v) is 14.0. The van der Waals surface area contributed by atoms with Crippen molar-refractivity contribution in [1.82, 2.24) is 15.2 Å². The maximum atomic E-state index is 13.3. The monoisotopic (exact) mass is 605 g/mol. The molecule has 3 N–H and O–H groups in total. The number of amides is 2. The Kier molecular flexibility index (Phi) is 8.53. The Morgan fingerprint density at radius 1 is 1.29 bits per heavy atom. The molecule has 4 rings (SSSR count). The molecule has 218 valence electrons. The van der Waals surface area contributed by atoms with Crippen molar-refractivity contribution in [2.75, 3.05) is 25.4 Å². The summed E-state index contributed by atoms with van der Waals surface area (Å²) < 4.78 is 15.4. The summed E-state index contributed by atoms with van der Waals surface area (Å²) in [5, 5.41) is 7.39. The molecule has 1 fully saturated rings. The maximum Gasteiger partial charge on any atom is 0.358 e. The number of nitrogens with two attached hydrogens (primary N) is 1. The van der Waals surface area contributed by atoms with Gasteiger partial charge in [-0.25, -0.2) is 14.6 Å². The lowest BCUT2D eigenvalue weighted by molar-refractivity contribution is -0.173. The van der Waals surface area contributed by atoms with Crippen molar-refractivity contribution in [3.8, 4) is 0 Å². The predicted molar refractivity (Wildman–Crippen MR) is 147 cm³/mol. The van der Waals surface area contributed by atoms with Gasteiger partial charge in [0, 0.05) is 16.7 Å². The third-order valence-electron chi connectivity index (χ3n) is 5.84. The number of thioether (sulfide) groups is 1. The molecule has 0 unspecified atom stereocenters. The highest BCUT2D eigenvalue weighted by molar-refractivity contribution is 8.00. The molecular weight excluding hydrogens is 578 g/mol. The number of aromatic nitrogens is 1. The van der Waals surface area contributed by atoms with Crippen molar-refractivity contribution < 1.29 is 43.0 Å². The number of nitrogens with zero attached hydrogens (tertiary/aromatic N) is 3. The van der Waals surface area contributed by atoms with E-state index in [2.05, 4.69) is 15.5 Å². The highest BCUT2D eigenvalue weighted by Gasteiger charge is 2.54. The van der Waals surface area contributed by atoms with E-state index in [1.165, 1.54) is 41.3 Å². The molecule has 1 aromatic heterocycles. The van der Waals surface area contributed by atoms with Crippen molar-refractivity contribution in [3.05, 3.63) is 45.8 Å². The van der Waals surface area contributed by atoms with Gasteiger partial charge in [0.15, 0.2) is 10.8 Å². The first-order valence-electron chi connectivity index (χ1n) is 12.1. The number of carbonyl (C=O) groups excluding carboxylic acids is 5. The van der Waals surface area contributed by atoms with Gasteiger partial charge in [-0.1, -0.05) is 5.16 Å². The van der Waals surface area contributed by atoms with Gasteiger partial charge in [0.1, 0.15) is 35.7 Å². The first kappa shape index (κ1) is 29.8. The van der Waals surface area contributed by atoms with E-state index in [0.29, 0.717) is 11.1 Å². The summed E-state index contributed by atoms with van der Waals surface area (Å²) in [5.74, 6) is -3.01. The zero-order valence-corrected chi connectivity index (χ0v) is 24.3. The van der Waals surface area contributed by atoms with Crippen LogP contribution in [0.3, 0.4) is 0 Å². The number of allylic oxidation sites excluding steroid dienone is 2. The Labute approximate surface area is 242 Å². The van der Waals surface area contributed by atoms with Gasteiger partial charge in [-0.2, -0.15) is 0 Å². The van der Waals surface area contributed by atoms with Crippen molar-refractivity contribution in [2.24, 2.45) is 10.6 Å². The molecule has 2 amide bonds. The number of thiazole rings is 1. The molecule has 0 aliphatic carbocycles. The van der Waals surface area contributed by atoms with Crippen LogP contribution < -0.4 is 11.1 Å². The second kappa shape index (κ2) is 11.7. The Bertz CT molecular complexity index is 1440. The van der Waals surface area contributed by atoms with Gasteiger partial charge in [-0.05, 0) is 45.4 Å². The molecule has 3 aliphatic rings. The number of nitrogen functional groups attached to an aromatic ring is 1. The van der Waals surface area contributed by atoms with Crippen molar-refractivity contribution >= 4 is 63.7 Å². The summed E-state index contributed by atoms with van der Waals surface area (Å²) in [5.41, 5.74) is 5.41. The summed E-state index contributed by atoms with van der Waals surface area (Å²) in [4.78, 5) is 73.5. The lowest BCUT2D eigenvalue weighted by atomic mass is 9.98. The lowest BCUT2D eigenvalue weighted by Gasteiger charge is -2.49. The van der Waals surface area contributed by atoms with Crippen molar-refractivity contribution in [3.63, 3.8) is 0 Å². The van der Waals surface area contributed by atoms with Crippen LogP contribution in [0, 0.1) is 5.41 Å². The van der Waals surface area contributed by atoms with E-state index in [4.69, 9.17) is 24.8 Å². The smallest absolute Gasteiger partial charge is 0.358 e. The number of ether oxygens (including phenoxy) is 3. The first-order chi connectivity index (χ1) is 19.3. The summed E-state index contributed by atoms with van der Waals surface area (Å²) >= 11 is 2.37. The molecule has 41 heavy (non-hydrogen) atoms. The third-order valence-corrected chi connectivity index (χ3v) is 7.82. The molecule has 4 heterocycles. The van der Waals surface area contributed by atoms with Crippen LogP contribution in [0.15, 0.2) is 45.3 Å². The average molecular weight is 606 g/mol. The van der Waals surface area contributed by atoms with Crippen LogP contribution in [0.2, 0.25) is 0 Å². The van der Waals surface area contributed by atoms with Gasteiger partial charge < -0.3 is 30.1 Å². The van der Waals surface area contributed by atoms with E-state index in [1.54, 1.807) is 27.7 Å². The van der Waals surface area contributed by atoms with Crippen LogP contribution in [0.5, 0.6) is 0 Å². The quantitative estimate of drug-likeness (QED) is 0.142. The van der Waals surface area contributed by atoms with E-state index >= 15 is 0 Å². The summed E-state index contributed by atoms with van der Waals surface area (Å²) in [7, 11) is 1.26. The van der Waals surface area contributed by atoms with Crippen molar-refractivity contribution in [1.29, 1.82) is 0 Å². The fourth-order valence-electron chi connectivity index (χ4n) is 3.80.